The zero-order valence-electron chi connectivity index (χ0n) is 42.9. The Kier molecular flexibility index (Phi) is 9.82. The van der Waals surface area contributed by atoms with Gasteiger partial charge in [0.25, 0.3) is 0 Å². The Hall–Kier alpha value is -9.68. The van der Waals surface area contributed by atoms with Gasteiger partial charge in [0.15, 0.2) is 0 Å². The van der Waals surface area contributed by atoms with Crippen LogP contribution in [-0.4, -0.2) is 14.5 Å². The molecule has 78 heavy (non-hydrogen) atoms. The molecule has 3 aromatic heterocycles. The Morgan fingerprint density at radius 1 is 0.359 bits per heavy atom. The van der Waals surface area contributed by atoms with Crippen LogP contribution in [0.1, 0.15) is 25.0 Å². The third-order valence-corrected chi connectivity index (χ3v) is 17.7. The summed E-state index contributed by atoms with van der Waals surface area (Å²) in [5, 5.41) is 12.4. The minimum atomic E-state index is -0.329. The average molecular weight is 1010 g/mol. The second-order valence-corrected chi connectivity index (χ2v) is 22.3. The Balaban J connectivity index is 1.03. The van der Waals surface area contributed by atoms with Gasteiger partial charge < -0.3 is 4.90 Å². The molecule has 4 nitrogen and oxygen atoms in total. The summed E-state index contributed by atoms with van der Waals surface area (Å²) < 4.78 is 4.88. The molecule has 0 spiro atoms. The molecule has 0 aliphatic heterocycles. The average Bonchev–Trinajstić information content (AvgIpc) is 4.24. The summed E-state index contributed by atoms with van der Waals surface area (Å²) in [6.45, 7) is 4.83. The summed E-state index contributed by atoms with van der Waals surface area (Å²) in [6.07, 6.45) is 0. The van der Waals surface area contributed by atoms with E-state index in [0.29, 0.717) is 5.95 Å². The zero-order chi connectivity index (χ0) is 51.6. The van der Waals surface area contributed by atoms with E-state index < -0.39 is 0 Å². The summed E-state index contributed by atoms with van der Waals surface area (Å²) in [7, 11) is 0. The number of hydrogen-bond donors (Lipinski definition) is 0. The molecule has 0 radical (unpaired) electrons. The van der Waals surface area contributed by atoms with E-state index in [9.17, 15) is 0 Å². The third kappa shape index (κ3) is 6.71. The fraction of sp³-hybridized carbons (Fsp3) is 0.0411. The minimum absolute atomic E-state index is 0.329. The number of hydrogen-bond acceptors (Lipinski definition) is 4. The first-order valence-electron chi connectivity index (χ1n) is 26.8. The number of nitrogens with zero attached hydrogens (tertiary/aromatic N) is 4. The van der Waals surface area contributed by atoms with Crippen LogP contribution in [0.15, 0.2) is 255 Å². The topological polar surface area (TPSA) is 34.0 Å². The minimum Gasteiger partial charge on any atom is -0.309 e. The normalized spacial score (nSPS) is 12.8. The van der Waals surface area contributed by atoms with Gasteiger partial charge in [-0.3, -0.25) is 4.57 Å². The van der Waals surface area contributed by atoms with Crippen LogP contribution >= 0.6 is 11.3 Å². The molecule has 15 aromatic rings. The van der Waals surface area contributed by atoms with Gasteiger partial charge in [0, 0.05) is 53.2 Å². The van der Waals surface area contributed by atoms with Gasteiger partial charge >= 0.3 is 0 Å². The lowest BCUT2D eigenvalue weighted by Crippen LogP contribution is -2.15. The van der Waals surface area contributed by atoms with E-state index in [1.807, 2.05) is 11.3 Å². The Morgan fingerprint density at radius 3 is 1.56 bits per heavy atom. The van der Waals surface area contributed by atoms with Crippen molar-refractivity contribution in [1.29, 1.82) is 0 Å². The van der Waals surface area contributed by atoms with Gasteiger partial charge in [-0.2, -0.15) is 0 Å². The van der Waals surface area contributed by atoms with E-state index >= 15 is 0 Å². The number of aromatic nitrogens is 3. The van der Waals surface area contributed by atoms with Crippen LogP contribution in [0.25, 0.3) is 125 Å². The fourth-order valence-electron chi connectivity index (χ4n) is 12.9. The molecule has 5 heteroatoms. The predicted octanol–water partition coefficient (Wildman–Crippen LogP) is 20.2. The second-order valence-electron chi connectivity index (χ2n) is 21.3. The first-order valence-corrected chi connectivity index (χ1v) is 27.6. The lowest BCUT2D eigenvalue weighted by Gasteiger charge is -2.27. The van der Waals surface area contributed by atoms with E-state index in [1.165, 1.54) is 74.7 Å². The predicted molar refractivity (Wildman–Crippen MR) is 330 cm³/mol. The van der Waals surface area contributed by atoms with Crippen molar-refractivity contribution in [1.82, 2.24) is 14.5 Å². The molecule has 366 valence electrons. The molecule has 16 rings (SSSR count). The first kappa shape index (κ1) is 44.6. The molecule has 3 heterocycles. The van der Waals surface area contributed by atoms with Crippen LogP contribution in [-0.2, 0) is 5.41 Å². The van der Waals surface area contributed by atoms with Gasteiger partial charge in [0.05, 0.1) is 33.8 Å². The lowest BCUT2D eigenvalue weighted by molar-refractivity contribution is 0.662. The highest BCUT2D eigenvalue weighted by Crippen LogP contribution is 2.55. The van der Waals surface area contributed by atoms with Gasteiger partial charge in [-0.15, -0.1) is 11.3 Å². The number of fused-ring (bicyclic) bond motifs is 15. The quantitative estimate of drug-likeness (QED) is 0.149. The highest BCUT2D eigenvalue weighted by atomic mass is 32.1. The number of para-hydroxylation sites is 1. The first-order chi connectivity index (χ1) is 38.4. The standard InChI is InChI=1S/C73H48N4S/c1-73(2)60-41-56-53-32-15-13-30-51(53)50-29-12-14-31-52(50)55(56)40-57(60)58-43-67-59(42-61(58)73)70-64(76(49-27-10-5-11-28-49)66-36-20-38-69-71(66)54-33-16-17-37-68(54)78-69)34-19-35-65(70)77(67)72-74-62(46-23-8-4-9-24-46)44-63(75-72)48-26-18-25-47(39-48)45-21-6-3-7-22-45/h3-44H,1-2H3. The van der Waals surface area contributed by atoms with Crippen LogP contribution in [0.3, 0.4) is 0 Å². The smallest absolute Gasteiger partial charge is 0.235 e. The van der Waals surface area contributed by atoms with Crippen molar-refractivity contribution < 1.29 is 0 Å². The summed E-state index contributed by atoms with van der Waals surface area (Å²) >= 11 is 1.85. The van der Waals surface area contributed by atoms with Crippen LogP contribution in [0, 0.1) is 0 Å². The lowest BCUT2D eigenvalue weighted by atomic mass is 9.81. The number of benzene rings is 12. The molecule has 0 N–H and O–H groups in total. The summed E-state index contributed by atoms with van der Waals surface area (Å²) in [5.41, 5.74) is 16.2. The Bertz CT molecular complexity index is 4940. The van der Waals surface area contributed by atoms with Crippen molar-refractivity contribution in [2.45, 2.75) is 19.3 Å². The molecular weight excluding hydrogens is 965 g/mol. The maximum Gasteiger partial charge on any atom is 0.235 e. The molecule has 0 unspecified atom stereocenters. The van der Waals surface area contributed by atoms with Gasteiger partial charge in [-0.25, -0.2) is 9.97 Å². The SMILES string of the molecule is CC1(C)c2cc3c4ccccc4c4ccccc4c3cc2-c2cc3c(cc21)c1c(N(c2ccccc2)c2cccc4sc5ccccc5c24)cccc1n3-c1nc(-c2ccccc2)cc(-c2cccc(-c3ccccc3)c2)n1. The number of thiophene rings is 1. The van der Waals surface area contributed by atoms with Crippen LogP contribution in [0.5, 0.6) is 0 Å². The molecule has 0 atom stereocenters. The van der Waals surface area contributed by atoms with Gasteiger partial charge in [-0.05, 0) is 145 Å². The third-order valence-electron chi connectivity index (χ3n) is 16.6. The maximum atomic E-state index is 5.68. The number of rotatable bonds is 7. The van der Waals surface area contributed by atoms with Crippen LogP contribution in [0.4, 0.5) is 17.1 Å². The van der Waals surface area contributed by atoms with Crippen molar-refractivity contribution in [3.05, 3.63) is 266 Å². The van der Waals surface area contributed by atoms with E-state index in [1.54, 1.807) is 0 Å². The fourth-order valence-corrected chi connectivity index (χ4v) is 14.1. The van der Waals surface area contributed by atoms with Crippen molar-refractivity contribution >= 4 is 103 Å². The van der Waals surface area contributed by atoms with E-state index in [4.69, 9.17) is 9.97 Å². The molecule has 0 amide bonds. The Labute approximate surface area is 455 Å². The maximum absolute atomic E-state index is 5.68. The molecule has 1 aliphatic rings. The highest BCUT2D eigenvalue weighted by molar-refractivity contribution is 7.26. The summed E-state index contributed by atoms with van der Waals surface area (Å²) in [5.74, 6) is 0.610. The Morgan fingerprint density at radius 2 is 0.859 bits per heavy atom. The molecule has 0 fully saturated rings. The summed E-state index contributed by atoms with van der Waals surface area (Å²) in [4.78, 5) is 13.8. The van der Waals surface area contributed by atoms with Crippen LogP contribution < -0.4 is 4.90 Å². The van der Waals surface area contributed by atoms with E-state index in [2.05, 4.69) is 278 Å². The molecule has 0 saturated heterocycles. The monoisotopic (exact) mass is 1010 g/mol. The molecular formula is C73H48N4S. The number of anilines is 3. The molecule has 0 saturated carbocycles. The van der Waals surface area contributed by atoms with Gasteiger partial charge in [-0.1, -0.05) is 190 Å². The van der Waals surface area contributed by atoms with E-state index in [-0.39, 0.29) is 5.41 Å². The van der Waals surface area contributed by atoms with Crippen molar-refractivity contribution in [2.24, 2.45) is 0 Å². The molecule has 0 bridgehead atoms. The molecule has 1 aliphatic carbocycles. The second kappa shape index (κ2) is 17.2. The van der Waals surface area contributed by atoms with Crippen molar-refractivity contribution in [2.75, 3.05) is 4.90 Å². The molecule has 12 aromatic carbocycles. The largest absolute Gasteiger partial charge is 0.309 e. The van der Waals surface area contributed by atoms with Gasteiger partial charge in [0.2, 0.25) is 5.95 Å². The zero-order valence-corrected chi connectivity index (χ0v) is 43.8. The van der Waals surface area contributed by atoms with Crippen LogP contribution in [0.2, 0.25) is 0 Å². The van der Waals surface area contributed by atoms with Crippen molar-refractivity contribution in [3.8, 4) is 50.7 Å². The summed E-state index contributed by atoms with van der Waals surface area (Å²) in [6, 6.07) is 93.1. The van der Waals surface area contributed by atoms with Gasteiger partial charge in [0.1, 0.15) is 0 Å². The van der Waals surface area contributed by atoms with Crippen molar-refractivity contribution in [3.63, 3.8) is 0 Å². The van der Waals surface area contributed by atoms with E-state index in [0.717, 1.165) is 72.5 Å². The highest BCUT2D eigenvalue weighted by Gasteiger charge is 2.38.